The van der Waals surface area contributed by atoms with Crippen molar-refractivity contribution in [2.75, 3.05) is 0 Å². The van der Waals surface area contributed by atoms with Crippen LogP contribution in [-0.4, -0.2) is 20.8 Å². The summed E-state index contributed by atoms with van der Waals surface area (Å²) in [4.78, 5) is 13.8. The molecule has 5 nitrogen and oxygen atoms in total. The quantitative estimate of drug-likeness (QED) is 0.771. The van der Waals surface area contributed by atoms with Crippen LogP contribution >= 0.6 is 0 Å². The zero-order chi connectivity index (χ0) is 14.0. The molecule has 1 heterocycles. The van der Waals surface area contributed by atoms with Crippen LogP contribution in [0.25, 0.3) is 5.69 Å². The second kappa shape index (κ2) is 4.65. The van der Waals surface area contributed by atoms with Gasteiger partial charge in [0.15, 0.2) is 5.78 Å². The van der Waals surface area contributed by atoms with Crippen LogP contribution < -0.4 is 0 Å². The van der Waals surface area contributed by atoms with E-state index in [1.54, 1.807) is 18.2 Å². The Labute approximate surface area is 111 Å². The van der Waals surface area contributed by atoms with E-state index in [0.717, 1.165) is 0 Å². The van der Waals surface area contributed by atoms with Gasteiger partial charge in [-0.3, -0.25) is 4.79 Å². The fourth-order valence-electron chi connectivity index (χ4n) is 1.70. The minimum absolute atomic E-state index is 0.00992. The van der Waals surface area contributed by atoms with Gasteiger partial charge in [-0.05, 0) is 18.2 Å². The number of benzene rings is 1. The molecule has 0 bridgehead atoms. The lowest BCUT2D eigenvalue weighted by atomic mass is 9.85. The maximum absolute atomic E-state index is 12.4. The highest BCUT2D eigenvalue weighted by molar-refractivity contribution is 6.02. The van der Waals surface area contributed by atoms with Crippen LogP contribution in [0.1, 0.15) is 36.7 Å². The molecular formula is C14H14N4O. The Morgan fingerprint density at radius 3 is 2.42 bits per heavy atom. The maximum Gasteiger partial charge on any atom is 0.170 e. The monoisotopic (exact) mass is 254 g/mol. The number of carbonyl (C=O) groups excluding carboxylic acids is 1. The predicted octanol–water partition coefficient (Wildman–Crippen LogP) is 2.37. The van der Waals surface area contributed by atoms with E-state index < -0.39 is 5.41 Å². The highest BCUT2D eigenvalue weighted by Gasteiger charge is 2.26. The SMILES string of the molecule is CC(C)(C)C(=O)c1ccc(C#N)cc1-n1nccn1. The molecule has 1 aromatic heterocycles. The molecule has 96 valence electrons. The molecule has 0 spiro atoms. The minimum Gasteiger partial charge on any atom is -0.294 e. The Morgan fingerprint density at radius 1 is 1.26 bits per heavy atom. The number of nitriles is 1. The Hall–Kier alpha value is -2.48. The minimum atomic E-state index is -0.504. The fraction of sp³-hybridized carbons (Fsp3) is 0.286. The first-order chi connectivity index (χ1) is 8.93. The average molecular weight is 254 g/mol. The van der Waals surface area contributed by atoms with Gasteiger partial charge < -0.3 is 0 Å². The number of Topliss-reactive ketones (excluding diaryl/α,β-unsaturated/α-hetero) is 1. The highest BCUT2D eigenvalue weighted by Crippen LogP contribution is 2.25. The molecule has 0 unspecified atom stereocenters. The summed E-state index contributed by atoms with van der Waals surface area (Å²) in [5, 5.41) is 17.0. The van der Waals surface area contributed by atoms with E-state index in [1.165, 1.54) is 17.2 Å². The summed E-state index contributed by atoms with van der Waals surface area (Å²) in [7, 11) is 0. The lowest BCUT2D eigenvalue weighted by Crippen LogP contribution is -2.22. The summed E-state index contributed by atoms with van der Waals surface area (Å²) < 4.78 is 0. The first kappa shape index (κ1) is 13.0. The summed E-state index contributed by atoms with van der Waals surface area (Å²) in [6.07, 6.45) is 3.06. The second-order valence-corrected chi connectivity index (χ2v) is 5.24. The molecule has 0 aliphatic carbocycles. The molecule has 0 aliphatic rings. The summed E-state index contributed by atoms with van der Waals surface area (Å²) in [5.41, 5.74) is 1.01. The summed E-state index contributed by atoms with van der Waals surface area (Å²) in [6, 6.07) is 6.97. The Morgan fingerprint density at radius 2 is 1.89 bits per heavy atom. The van der Waals surface area contributed by atoms with E-state index in [-0.39, 0.29) is 5.78 Å². The molecule has 0 fully saturated rings. The van der Waals surface area contributed by atoms with Gasteiger partial charge in [-0.15, -0.1) is 0 Å². The Balaban J connectivity index is 2.62. The van der Waals surface area contributed by atoms with Crippen LogP contribution in [0.2, 0.25) is 0 Å². The fourth-order valence-corrected chi connectivity index (χ4v) is 1.70. The van der Waals surface area contributed by atoms with Gasteiger partial charge in [0.05, 0.1) is 29.7 Å². The van der Waals surface area contributed by atoms with E-state index in [2.05, 4.69) is 16.3 Å². The van der Waals surface area contributed by atoms with Crippen LogP contribution in [0, 0.1) is 16.7 Å². The Bertz CT molecular complexity index is 645. The van der Waals surface area contributed by atoms with Crippen molar-refractivity contribution in [3.63, 3.8) is 0 Å². The third-order valence-corrected chi connectivity index (χ3v) is 2.69. The number of rotatable bonds is 2. The molecule has 1 aromatic carbocycles. The molecule has 0 atom stereocenters. The van der Waals surface area contributed by atoms with Crippen molar-refractivity contribution in [1.29, 1.82) is 5.26 Å². The lowest BCUT2D eigenvalue weighted by Gasteiger charge is -2.18. The van der Waals surface area contributed by atoms with Gasteiger partial charge in [0, 0.05) is 11.0 Å². The number of hydrogen-bond donors (Lipinski definition) is 0. The molecule has 0 amide bonds. The molecule has 0 aliphatic heterocycles. The van der Waals surface area contributed by atoms with Crippen molar-refractivity contribution >= 4 is 5.78 Å². The van der Waals surface area contributed by atoms with Crippen molar-refractivity contribution in [2.45, 2.75) is 20.8 Å². The Kier molecular flexibility index (Phi) is 3.17. The first-order valence-electron chi connectivity index (χ1n) is 5.89. The van der Waals surface area contributed by atoms with Crippen molar-refractivity contribution in [2.24, 2.45) is 5.41 Å². The van der Waals surface area contributed by atoms with Gasteiger partial charge in [-0.1, -0.05) is 20.8 Å². The van der Waals surface area contributed by atoms with E-state index in [9.17, 15) is 4.79 Å². The number of ketones is 1. The van der Waals surface area contributed by atoms with Crippen molar-refractivity contribution in [3.8, 4) is 11.8 Å². The van der Waals surface area contributed by atoms with Crippen LogP contribution in [0.5, 0.6) is 0 Å². The molecular weight excluding hydrogens is 240 g/mol. The third kappa shape index (κ3) is 2.52. The predicted molar refractivity (Wildman–Crippen MR) is 69.9 cm³/mol. The zero-order valence-corrected chi connectivity index (χ0v) is 11.1. The standard InChI is InChI=1S/C14H14N4O/c1-14(2,3)13(19)11-5-4-10(9-15)8-12(11)18-16-6-7-17-18/h4-8H,1-3H3. The van der Waals surface area contributed by atoms with Gasteiger partial charge in [-0.2, -0.15) is 20.3 Å². The van der Waals surface area contributed by atoms with Gasteiger partial charge in [0.25, 0.3) is 0 Å². The molecule has 2 aromatic rings. The van der Waals surface area contributed by atoms with Crippen LogP contribution in [0.3, 0.4) is 0 Å². The molecule has 5 heteroatoms. The number of carbonyl (C=O) groups is 1. The van der Waals surface area contributed by atoms with Gasteiger partial charge >= 0.3 is 0 Å². The number of hydrogen-bond acceptors (Lipinski definition) is 4. The second-order valence-electron chi connectivity index (χ2n) is 5.24. The topological polar surface area (TPSA) is 71.6 Å². The van der Waals surface area contributed by atoms with E-state index >= 15 is 0 Å². The number of nitrogens with zero attached hydrogens (tertiary/aromatic N) is 4. The normalized spacial score (nSPS) is 11.1. The van der Waals surface area contributed by atoms with Crippen molar-refractivity contribution in [3.05, 3.63) is 41.7 Å². The molecule has 0 N–H and O–H groups in total. The molecule has 0 saturated heterocycles. The molecule has 0 radical (unpaired) electrons. The first-order valence-corrected chi connectivity index (χ1v) is 5.89. The summed E-state index contributed by atoms with van der Waals surface area (Å²) in [6.45, 7) is 5.56. The molecule has 0 saturated carbocycles. The lowest BCUT2D eigenvalue weighted by molar-refractivity contribution is 0.0858. The van der Waals surface area contributed by atoms with Crippen LogP contribution in [0.4, 0.5) is 0 Å². The van der Waals surface area contributed by atoms with Crippen molar-refractivity contribution in [1.82, 2.24) is 15.0 Å². The van der Waals surface area contributed by atoms with Crippen LogP contribution in [-0.2, 0) is 0 Å². The van der Waals surface area contributed by atoms with Gasteiger partial charge in [0.1, 0.15) is 0 Å². The van der Waals surface area contributed by atoms with Crippen LogP contribution in [0.15, 0.2) is 30.6 Å². The van der Waals surface area contributed by atoms with Crippen molar-refractivity contribution < 1.29 is 4.79 Å². The largest absolute Gasteiger partial charge is 0.294 e. The van der Waals surface area contributed by atoms with E-state index in [4.69, 9.17) is 5.26 Å². The van der Waals surface area contributed by atoms with Gasteiger partial charge in [-0.25, -0.2) is 0 Å². The highest BCUT2D eigenvalue weighted by atomic mass is 16.1. The smallest absolute Gasteiger partial charge is 0.170 e. The summed E-state index contributed by atoms with van der Waals surface area (Å²) >= 11 is 0. The third-order valence-electron chi connectivity index (χ3n) is 2.69. The van der Waals surface area contributed by atoms with E-state index in [0.29, 0.717) is 16.8 Å². The average Bonchev–Trinajstić information content (AvgIpc) is 2.89. The number of aromatic nitrogens is 3. The maximum atomic E-state index is 12.4. The van der Waals surface area contributed by atoms with E-state index in [1.807, 2.05) is 20.8 Å². The zero-order valence-electron chi connectivity index (χ0n) is 11.1. The summed E-state index contributed by atoms with van der Waals surface area (Å²) in [5.74, 6) is -0.00992. The molecule has 2 rings (SSSR count). The molecule has 19 heavy (non-hydrogen) atoms. The van der Waals surface area contributed by atoms with Gasteiger partial charge in [0.2, 0.25) is 0 Å².